The lowest BCUT2D eigenvalue weighted by Crippen LogP contribution is -2.39. The van der Waals surface area contributed by atoms with Gasteiger partial charge >= 0.3 is 0 Å². The number of hydrogen-bond acceptors (Lipinski definition) is 4. The van der Waals surface area contributed by atoms with Crippen LogP contribution < -0.4 is 16.0 Å². The minimum Gasteiger partial charge on any atom is -0.369 e. The van der Waals surface area contributed by atoms with Crippen molar-refractivity contribution in [3.63, 3.8) is 0 Å². The standard InChI is InChI=1S/C19H23FN4O/c20-17-5-1-3-14(11-17)12-22-13-16-4-2-8-23-19(16)24-9-6-15(7-10-24)18(21)25/h1-5,8,11,15,22H,6-7,9-10,12-13H2,(H2,21,25). The van der Waals surface area contributed by atoms with Gasteiger partial charge < -0.3 is 16.0 Å². The fourth-order valence-corrected chi connectivity index (χ4v) is 3.22. The third-order valence-electron chi connectivity index (χ3n) is 4.60. The van der Waals surface area contributed by atoms with E-state index in [1.807, 2.05) is 18.2 Å². The molecule has 1 saturated heterocycles. The molecule has 0 atom stereocenters. The van der Waals surface area contributed by atoms with Gasteiger partial charge in [0.15, 0.2) is 0 Å². The molecule has 1 aromatic carbocycles. The lowest BCUT2D eigenvalue weighted by Gasteiger charge is -2.32. The van der Waals surface area contributed by atoms with Crippen molar-refractivity contribution in [3.05, 3.63) is 59.5 Å². The van der Waals surface area contributed by atoms with Gasteiger partial charge in [0.1, 0.15) is 11.6 Å². The molecule has 25 heavy (non-hydrogen) atoms. The van der Waals surface area contributed by atoms with Crippen LogP contribution in [0, 0.1) is 11.7 Å². The van der Waals surface area contributed by atoms with Crippen LogP contribution in [-0.2, 0) is 17.9 Å². The summed E-state index contributed by atoms with van der Waals surface area (Å²) in [6.45, 7) is 2.80. The van der Waals surface area contributed by atoms with Crippen molar-refractivity contribution < 1.29 is 9.18 Å². The quantitative estimate of drug-likeness (QED) is 0.844. The average molecular weight is 342 g/mol. The number of hydrogen-bond donors (Lipinski definition) is 2. The van der Waals surface area contributed by atoms with E-state index in [2.05, 4.69) is 15.2 Å². The number of primary amides is 1. The van der Waals surface area contributed by atoms with Crippen LogP contribution in [0.1, 0.15) is 24.0 Å². The fourth-order valence-electron chi connectivity index (χ4n) is 3.22. The van der Waals surface area contributed by atoms with Crippen molar-refractivity contribution in [1.29, 1.82) is 0 Å². The Morgan fingerprint density at radius 3 is 2.76 bits per heavy atom. The molecule has 3 N–H and O–H groups in total. The summed E-state index contributed by atoms with van der Waals surface area (Å²) in [7, 11) is 0. The largest absolute Gasteiger partial charge is 0.369 e. The van der Waals surface area contributed by atoms with Gasteiger partial charge in [-0.15, -0.1) is 0 Å². The summed E-state index contributed by atoms with van der Waals surface area (Å²) in [5, 5.41) is 3.34. The van der Waals surface area contributed by atoms with Crippen molar-refractivity contribution >= 4 is 11.7 Å². The van der Waals surface area contributed by atoms with Gasteiger partial charge in [-0.1, -0.05) is 18.2 Å². The van der Waals surface area contributed by atoms with E-state index in [1.165, 1.54) is 12.1 Å². The Morgan fingerprint density at radius 2 is 2.04 bits per heavy atom. The lowest BCUT2D eigenvalue weighted by atomic mass is 9.96. The number of nitrogens with two attached hydrogens (primary N) is 1. The average Bonchev–Trinajstić information content (AvgIpc) is 2.62. The maximum atomic E-state index is 13.2. The van der Waals surface area contributed by atoms with Crippen LogP contribution in [0.2, 0.25) is 0 Å². The van der Waals surface area contributed by atoms with Gasteiger partial charge in [0.25, 0.3) is 0 Å². The second-order valence-corrected chi connectivity index (χ2v) is 6.38. The minimum absolute atomic E-state index is 0.0329. The van der Waals surface area contributed by atoms with Gasteiger partial charge in [-0.05, 0) is 36.6 Å². The first kappa shape index (κ1) is 17.4. The third-order valence-corrected chi connectivity index (χ3v) is 4.60. The summed E-state index contributed by atoms with van der Waals surface area (Å²) in [6, 6.07) is 10.5. The normalized spacial score (nSPS) is 15.3. The van der Waals surface area contributed by atoms with E-state index in [4.69, 9.17) is 5.73 Å². The van der Waals surface area contributed by atoms with Crippen LogP contribution in [-0.4, -0.2) is 24.0 Å². The van der Waals surface area contributed by atoms with Gasteiger partial charge in [0, 0.05) is 43.9 Å². The molecule has 3 rings (SSSR count). The van der Waals surface area contributed by atoms with Crippen LogP contribution in [0.3, 0.4) is 0 Å². The van der Waals surface area contributed by atoms with Crippen LogP contribution in [0.15, 0.2) is 42.6 Å². The molecule has 2 aromatic rings. The van der Waals surface area contributed by atoms with E-state index in [1.54, 1.807) is 12.3 Å². The molecule has 1 fully saturated rings. The molecule has 0 spiro atoms. The summed E-state index contributed by atoms with van der Waals surface area (Å²) in [5.41, 5.74) is 7.41. The highest BCUT2D eigenvalue weighted by Crippen LogP contribution is 2.24. The van der Waals surface area contributed by atoms with Crippen molar-refractivity contribution in [2.24, 2.45) is 11.7 Å². The smallest absolute Gasteiger partial charge is 0.220 e. The molecule has 1 aliphatic heterocycles. The fraction of sp³-hybridized carbons (Fsp3) is 0.368. The first-order chi connectivity index (χ1) is 12.1. The lowest BCUT2D eigenvalue weighted by molar-refractivity contribution is -0.122. The Labute approximate surface area is 147 Å². The number of rotatable bonds is 6. The predicted octanol–water partition coefficient (Wildman–Crippen LogP) is 2.21. The topological polar surface area (TPSA) is 71.2 Å². The van der Waals surface area contributed by atoms with Crippen LogP contribution in [0.5, 0.6) is 0 Å². The molecule has 1 amide bonds. The molecular formula is C19H23FN4O. The predicted molar refractivity (Wildman–Crippen MR) is 95.3 cm³/mol. The maximum absolute atomic E-state index is 13.2. The summed E-state index contributed by atoms with van der Waals surface area (Å²) >= 11 is 0. The van der Waals surface area contributed by atoms with E-state index in [9.17, 15) is 9.18 Å². The van der Waals surface area contributed by atoms with Crippen LogP contribution >= 0.6 is 0 Å². The van der Waals surface area contributed by atoms with Crippen molar-refractivity contribution in [3.8, 4) is 0 Å². The van der Waals surface area contributed by atoms with E-state index in [-0.39, 0.29) is 17.6 Å². The molecule has 0 unspecified atom stereocenters. The maximum Gasteiger partial charge on any atom is 0.220 e. The van der Waals surface area contributed by atoms with E-state index >= 15 is 0 Å². The van der Waals surface area contributed by atoms with Gasteiger partial charge in [0.2, 0.25) is 5.91 Å². The second kappa shape index (κ2) is 8.07. The summed E-state index contributed by atoms with van der Waals surface area (Å²) < 4.78 is 13.2. The zero-order valence-corrected chi connectivity index (χ0v) is 14.1. The Kier molecular flexibility index (Phi) is 5.60. The molecule has 1 aliphatic rings. The molecular weight excluding hydrogens is 319 g/mol. The first-order valence-electron chi connectivity index (χ1n) is 8.57. The molecule has 0 radical (unpaired) electrons. The first-order valence-corrected chi connectivity index (χ1v) is 8.57. The number of carbonyl (C=O) groups excluding carboxylic acids is 1. The Bertz CT molecular complexity index is 729. The number of nitrogens with one attached hydrogen (secondary N) is 1. The number of nitrogens with zero attached hydrogens (tertiary/aromatic N) is 2. The van der Waals surface area contributed by atoms with E-state index in [0.29, 0.717) is 13.1 Å². The number of pyridine rings is 1. The molecule has 0 saturated carbocycles. The van der Waals surface area contributed by atoms with E-state index < -0.39 is 0 Å². The molecule has 1 aromatic heterocycles. The molecule has 2 heterocycles. The number of halogens is 1. The minimum atomic E-state index is -0.223. The number of carbonyl (C=O) groups is 1. The summed E-state index contributed by atoms with van der Waals surface area (Å²) in [6.07, 6.45) is 3.32. The monoisotopic (exact) mass is 342 g/mol. The van der Waals surface area contributed by atoms with Crippen molar-refractivity contribution in [2.45, 2.75) is 25.9 Å². The summed E-state index contributed by atoms with van der Waals surface area (Å²) in [4.78, 5) is 18.0. The zero-order valence-electron chi connectivity index (χ0n) is 14.1. The van der Waals surface area contributed by atoms with Gasteiger partial charge in [-0.2, -0.15) is 0 Å². The van der Waals surface area contributed by atoms with Crippen molar-refractivity contribution in [2.75, 3.05) is 18.0 Å². The molecule has 0 aliphatic carbocycles. The number of amides is 1. The van der Waals surface area contributed by atoms with Crippen molar-refractivity contribution in [1.82, 2.24) is 10.3 Å². The van der Waals surface area contributed by atoms with Gasteiger partial charge in [0.05, 0.1) is 0 Å². The Morgan fingerprint density at radius 1 is 1.24 bits per heavy atom. The van der Waals surface area contributed by atoms with Gasteiger partial charge in [-0.25, -0.2) is 9.37 Å². The van der Waals surface area contributed by atoms with E-state index in [0.717, 1.165) is 42.9 Å². The molecule has 132 valence electrons. The molecule has 0 bridgehead atoms. The Hall–Kier alpha value is -2.47. The summed E-state index contributed by atoms with van der Waals surface area (Å²) in [5.74, 6) is 0.475. The highest BCUT2D eigenvalue weighted by Gasteiger charge is 2.24. The van der Waals surface area contributed by atoms with Crippen LogP contribution in [0.25, 0.3) is 0 Å². The Balaban J connectivity index is 1.60. The number of piperidine rings is 1. The third kappa shape index (κ3) is 4.54. The zero-order chi connectivity index (χ0) is 17.6. The number of anilines is 1. The highest BCUT2D eigenvalue weighted by molar-refractivity contribution is 5.77. The second-order valence-electron chi connectivity index (χ2n) is 6.38. The van der Waals surface area contributed by atoms with Gasteiger partial charge in [-0.3, -0.25) is 4.79 Å². The SMILES string of the molecule is NC(=O)C1CCN(c2ncccc2CNCc2cccc(F)c2)CC1. The van der Waals surface area contributed by atoms with Crippen LogP contribution in [0.4, 0.5) is 10.2 Å². The molecule has 5 nitrogen and oxygen atoms in total. The number of aromatic nitrogens is 1. The number of benzene rings is 1. The highest BCUT2D eigenvalue weighted by atomic mass is 19.1. The molecule has 6 heteroatoms.